The Morgan fingerprint density at radius 1 is 0.964 bits per heavy atom. The van der Waals surface area contributed by atoms with Gasteiger partial charge in [0.25, 0.3) is 5.91 Å². The van der Waals surface area contributed by atoms with Gasteiger partial charge in [-0.05, 0) is 36.1 Å². The minimum atomic E-state index is -0.970. The summed E-state index contributed by atoms with van der Waals surface area (Å²) < 4.78 is 26.3. The number of carbonyl (C=O) groups is 1. The molecule has 0 unspecified atom stereocenters. The molecule has 0 aliphatic carbocycles. The number of amides is 1. The summed E-state index contributed by atoms with van der Waals surface area (Å²) in [5.41, 5.74) is 3.54. The topological polar surface area (TPSA) is 66.9 Å². The van der Waals surface area contributed by atoms with Crippen molar-refractivity contribution in [2.24, 2.45) is 0 Å². The monoisotopic (exact) mass is 382 g/mol. The van der Waals surface area contributed by atoms with Gasteiger partial charge in [-0.15, -0.1) is 0 Å². The van der Waals surface area contributed by atoms with Crippen LogP contribution in [-0.2, 0) is 12.8 Å². The molecule has 1 aromatic heterocycles. The number of benzene rings is 2. The number of hydrogen-bond donors (Lipinski definition) is 2. The molecular weight excluding hydrogens is 362 g/mol. The van der Waals surface area contributed by atoms with Gasteiger partial charge in [-0.25, -0.2) is 18.7 Å². The summed E-state index contributed by atoms with van der Waals surface area (Å²) in [5.74, 6) is -2.04. The van der Waals surface area contributed by atoms with E-state index in [1.54, 1.807) is 0 Å². The highest BCUT2D eigenvalue weighted by Crippen LogP contribution is 2.23. The summed E-state index contributed by atoms with van der Waals surface area (Å²) in [6, 6.07) is 9.34. The van der Waals surface area contributed by atoms with E-state index in [1.807, 2.05) is 32.0 Å². The summed E-state index contributed by atoms with van der Waals surface area (Å²) >= 11 is 0. The molecule has 0 aliphatic heterocycles. The zero-order valence-electron chi connectivity index (χ0n) is 15.6. The SMILES string of the molecule is CCc1cccc(CC)c1NC(=O)c1cnc(Nc2ccc(F)c(F)c2)nc1. The zero-order valence-corrected chi connectivity index (χ0v) is 15.6. The number of rotatable bonds is 6. The molecule has 0 fully saturated rings. The molecule has 0 atom stereocenters. The number of anilines is 3. The van der Waals surface area contributed by atoms with Crippen LogP contribution in [0.3, 0.4) is 0 Å². The predicted octanol–water partition coefficient (Wildman–Crippen LogP) is 4.88. The molecule has 2 N–H and O–H groups in total. The molecule has 28 heavy (non-hydrogen) atoms. The van der Waals surface area contributed by atoms with E-state index in [4.69, 9.17) is 0 Å². The van der Waals surface area contributed by atoms with Gasteiger partial charge in [0.1, 0.15) is 0 Å². The smallest absolute Gasteiger partial charge is 0.258 e. The minimum Gasteiger partial charge on any atom is -0.324 e. The fraction of sp³-hybridized carbons (Fsp3) is 0.190. The van der Waals surface area contributed by atoms with Crippen molar-refractivity contribution in [2.45, 2.75) is 26.7 Å². The standard InChI is InChI=1S/C21H20F2N4O/c1-3-13-6-5-7-14(4-2)19(13)27-20(28)15-11-24-21(25-12-15)26-16-8-9-17(22)18(23)10-16/h5-12H,3-4H2,1-2H3,(H,27,28)(H,24,25,26). The summed E-state index contributed by atoms with van der Waals surface area (Å²) in [4.78, 5) is 20.7. The van der Waals surface area contributed by atoms with Crippen molar-refractivity contribution in [3.05, 3.63) is 77.1 Å². The van der Waals surface area contributed by atoms with Crippen LogP contribution in [0.4, 0.5) is 26.1 Å². The Kier molecular flexibility index (Phi) is 5.93. The van der Waals surface area contributed by atoms with Crippen LogP contribution in [-0.4, -0.2) is 15.9 Å². The number of para-hydroxylation sites is 1. The van der Waals surface area contributed by atoms with Gasteiger partial charge in [-0.3, -0.25) is 4.79 Å². The lowest BCUT2D eigenvalue weighted by atomic mass is 10.0. The highest BCUT2D eigenvalue weighted by molar-refractivity contribution is 6.04. The molecule has 5 nitrogen and oxygen atoms in total. The van der Waals surface area contributed by atoms with Gasteiger partial charge in [0.05, 0.1) is 5.56 Å². The Hall–Kier alpha value is -3.35. The maximum atomic E-state index is 13.3. The lowest BCUT2D eigenvalue weighted by Crippen LogP contribution is -2.15. The van der Waals surface area contributed by atoms with Crippen LogP contribution in [0, 0.1) is 11.6 Å². The molecule has 0 spiro atoms. The fourth-order valence-electron chi connectivity index (χ4n) is 2.80. The second kappa shape index (κ2) is 8.56. The Balaban J connectivity index is 1.75. The number of halogens is 2. The lowest BCUT2D eigenvalue weighted by molar-refractivity contribution is 0.102. The zero-order chi connectivity index (χ0) is 20.1. The van der Waals surface area contributed by atoms with Gasteiger partial charge in [-0.2, -0.15) is 0 Å². The molecule has 3 aromatic rings. The van der Waals surface area contributed by atoms with Crippen LogP contribution < -0.4 is 10.6 Å². The number of nitrogens with zero attached hydrogens (tertiary/aromatic N) is 2. The van der Waals surface area contributed by atoms with E-state index < -0.39 is 11.6 Å². The van der Waals surface area contributed by atoms with Crippen molar-refractivity contribution < 1.29 is 13.6 Å². The molecule has 144 valence electrons. The Morgan fingerprint density at radius 2 is 1.61 bits per heavy atom. The van der Waals surface area contributed by atoms with E-state index in [0.29, 0.717) is 11.3 Å². The van der Waals surface area contributed by atoms with Gasteiger partial charge in [0.15, 0.2) is 11.6 Å². The highest BCUT2D eigenvalue weighted by Gasteiger charge is 2.13. The molecule has 0 radical (unpaired) electrons. The first-order valence-electron chi connectivity index (χ1n) is 8.98. The molecule has 1 heterocycles. The van der Waals surface area contributed by atoms with E-state index in [-0.39, 0.29) is 11.9 Å². The number of carbonyl (C=O) groups excluding carboxylic acids is 1. The van der Waals surface area contributed by atoms with Gasteiger partial charge in [0, 0.05) is 29.8 Å². The first-order valence-corrected chi connectivity index (χ1v) is 8.98. The number of nitrogens with one attached hydrogen (secondary N) is 2. The lowest BCUT2D eigenvalue weighted by Gasteiger charge is -2.14. The summed E-state index contributed by atoms with van der Waals surface area (Å²) in [6.07, 6.45) is 4.36. The number of hydrogen-bond acceptors (Lipinski definition) is 4. The maximum absolute atomic E-state index is 13.3. The second-order valence-corrected chi connectivity index (χ2v) is 6.16. The first-order chi connectivity index (χ1) is 13.5. The minimum absolute atomic E-state index is 0.172. The molecule has 0 bridgehead atoms. The second-order valence-electron chi connectivity index (χ2n) is 6.16. The highest BCUT2D eigenvalue weighted by atomic mass is 19.2. The van der Waals surface area contributed by atoms with Crippen LogP contribution >= 0.6 is 0 Å². The van der Waals surface area contributed by atoms with E-state index in [2.05, 4.69) is 20.6 Å². The van der Waals surface area contributed by atoms with Gasteiger partial charge in [-0.1, -0.05) is 32.0 Å². The van der Waals surface area contributed by atoms with Crippen molar-refractivity contribution in [1.29, 1.82) is 0 Å². The third-order valence-electron chi connectivity index (χ3n) is 4.33. The van der Waals surface area contributed by atoms with Gasteiger partial charge >= 0.3 is 0 Å². The molecule has 3 rings (SSSR count). The molecule has 0 saturated carbocycles. The van der Waals surface area contributed by atoms with Crippen molar-refractivity contribution in [3.63, 3.8) is 0 Å². The quantitative estimate of drug-likeness (QED) is 0.638. The van der Waals surface area contributed by atoms with Crippen molar-refractivity contribution in [2.75, 3.05) is 10.6 Å². The number of aryl methyl sites for hydroxylation is 2. The Morgan fingerprint density at radius 3 is 2.18 bits per heavy atom. The van der Waals surface area contributed by atoms with E-state index in [0.717, 1.165) is 41.8 Å². The van der Waals surface area contributed by atoms with Crippen molar-refractivity contribution in [3.8, 4) is 0 Å². The largest absolute Gasteiger partial charge is 0.324 e. The summed E-state index contributed by atoms with van der Waals surface area (Å²) in [6.45, 7) is 4.07. The van der Waals surface area contributed by atoms with Crippen molar-refractivity contribution in [1.82, 2.24) is 9.97 Å². The van der Waals surface area contributed by atoms with E-state index in [1.165, 1.54) is 18.5 Å². The summed E-state index contributed by atoms with van der Waals surface area (Å²) in [5, 5.41) is 5.71. The Labute approximate surface area is 161 Å². The van der Waals surface area contributed by atoms with Crippen LogP contribution in [0.15, 0.2) is 48.8 Å². The summed E-state index contributed by atoms with van der Waals surface area (Å²) in [7, 11) is 0. The van der Waals surface area contributed by atoms with E-state index >= 15 is 0 Å². The molecule has 0 aliphatic rings. The van der Waals surface area contributed by atoms with E-state index in [9.17, 15) is 13.6 Å². The Bertz CT molecular complexity index is 968. The van der Waals surface area contributed by atoms with Crippen LogP contribution in [0.2, 0.25) is 0 Å². The average Bonchev–Trinajstić information content (AvgIpc) is 2.71. The molecule has 1 amide bonds. The third-order valence-corrected chi connectivity index (χ3v) is 4.33. The van der Waals surface area contributed by atoms with Crippen LogP contribution in [0.25, 0.3) is 0 Å². The fourth-order valence-corrected chi connectivity index (χ4v) is 2.80. The van der Waals surface area contributed by atoms with Crippen molar-refractivity contribution >= 4 is 23.2 Å². The maximum Gasteiger partial charge on any atom is 0.258 e. The molecular formula is C21H20F2N4O. The number of aromatic nitrogens is 2. The van der Waals surface area contributed by atoms with Crippen LogP contribution in [0.1, 0.15) is 35.3 Å². The average molecular weight is 382 g/mol. The van der Waals surface area contributed by atoms with Gasteiger partial charge < -0.3 is 10.6 Å². The molecule has 2 aromatic carbocycles. The van der Waals surface area contributed by atoms with Gasteiger partial charge in [0.2, 0.25) is 5.95 Å². The normalized spacial score (nSPS) is 10.6. The first kappa shape index (κ1) is 19.4. The molecule has 7 heteroatoms. The predicted molar refractivity (Wildman–Crippen MR) is 105 cm³/mol. The molecule has 0 saturated heterocycles. The van der Waals surface area contributed by atoms with Crippen LogP contribution in [0.5, 0.6) is 0 Å². The third kappa shape index (κ3) is 4.31.